The van der Waals surface area contributed by atoms with Crippen LogP contribution < -0.4 is 10.6 Å². The first-order valence-electron chi connectivity index (χ1n) is 6.24. The maximum atomic E-state index is 6.25. The van der Waals surface area contributed by atoms with Crippen LogP contribution in [0, 0.1) is 0 Å². The lowest BCUT2D eigenvalue weighted by atomic mass is 10.2. The number of hydrogen-bond acceptors (Lipinski definition) is 5. The summed E-state index contributed by atoms with van der Waals surface area (Å²) >= 11 is 1.63. The van der Waals surface area contributed by atoms with Crippen molar-refractivity contribution < 1.29 is 4.74 Å². The fourth-order valence-corrected chi connectivity index (χ4v) is 3.12. The van der Waals surface area contributed by atoms with E-state index in [1.807, 2.05) is 5.51 Å². The zero-order valence-electron chi connectivity index (χ0n) is 10.4. The van der Waals surface area contributed by atoms with Gasteiger partial charge in [0.1, 0.15) is 5.52 Å². The number of anilines is 2. The van der Waals surface area contributed by atoms with Gasteiger partial charge in [-0.25, -0.2) is 4.98 Å². The Kier molecular flexibility index (Phi) is 3.09. The average Bonchev–Trinajstić information content (AvgIpc) is 2.73. The molecule has 18 heavy (non-hydrogen) atoms. The van der Waals surface area contributed by atoms with Gasteiger partial charge in [0.15, 0.2) is 0 Å². The molecule has 0 aliphatic carbocycles. The highest BCUT2D eigenvalue weighted by molar-refractivity contribution is 7.16. The Balaban J connectivity index is 1.99. The predicted octanol–water partition coefficient (Wildman–Crippen LogP) is 2.49. The topological polar surface area (TPSA) is 51.4 Å². The Labute approximate surface area is 110 Å². The summed E-state index contributed by atoms with van der Waals surface area (Å²) < 4.78 is 6.82. The first kappa shape index (κ1) is 11.7. The number of rotatable bonds is 1. The highest BCUT2D eigenvalue weighted by Crippen LogP contribution is 2.33. The molecular weight excluding hydrogens is 246 g/mol. The lowest BCUT2D eigenvalue weighted by Crippen LogP contribution is -2.30. The number of fused-ring (bicyclic) bond motifs is 1. The van der Waals surface area contributed by atoms with E-state index in [1.165, 1.54) is 0 Å². The molecule has 0 spiro atoms. The van der Waals surface area contributed by atoms with Crippen LogP contribution in [0.15, 0.2) is 17.6 Å². The summed E-state index contributed by atoms with van der Waals surface area (Å²) in [6.45, 7) is 4.82. The molecule has 1 aromatic heterocycles. The number of nitrogens with two attached hydrogens (primary N) is 1. The molecular formula is C13H17N3OS. The van der Waals surface area contributed by atoms with E-state index in [-0.39, 0.29) is 6.10 Å². The van der Waals surface area contributed by atoms with Crippen molar-refractivity contribution in [1.29, 1.82) is 0 Å². The summed E-state index contributed by atoms with van der Waals surface area (Å²) in [5.74, 6) is 0. The maximum absolute atomic E-state index is 6.25. The number of ether oxygens (including phenoxy) is 1. The molecule has 4 nitrogen and oxygen atoms in total. The lowest BCUT2D eigenvalue weighted by Gasteiger charge is -2.25. The highest BCUT2D eigenvalue weighted by Gasteiger charge is 2.18. The van der Waals surface area contributed by atoms with E-state index in [9.17, 15) is 0 Å². The van der Waals surface area contributed by atoms with Gasteiger partial charge in [0, 0.05) is 19.7 Å². The summed E-state index contributed by atoms with van der Waals surface area (Å²) in [4.78, 5) is 6.66. The monoisotopic (exact) mass is 263 g/mol. The fourth-order valence-electron chi connectivity index (χ4n) is 2.43. The summed E-state index contributed by atoms with van der Waals surface area (Å²) in [7, 11) is 0. The van der Waals surface area contributed by atoms with Crippen molar-refractivity contribution >= 4 is 32.9 Å². The second kappa shape index (κ2) is 4.74. The molecule has 1 saturated heterocycles. The smallest absolute Gasteiger partial charge is 0.106 e. The molecule has 0 amide bonds. The van der Waals surface area contributed by atoms with Gasteiger partial charge in [0.05, 0.1) is 27.7 Å². The third-order valence-electron chi connectivity index (χ3n) is 3.31. The summed E-state index contributed by atoms with van der Waals surface area (Å²) in [5.41, 5.74) is 10.9. The van der Waals surface area contributed by atoms with E-state index in [4.69, 9.17) is 10.5 Å². The van der Waals surface area contributed by atoms with Crippen LogP contribution in [-0.4, -0.2) is 30.8 Å². The van der Waals surface area contributed by atoms with Crippen molar-refractivity contribution in [2.75, 3.05) is 30.3 Å². The standard InChI is InChI=1S/C13H17N3OS/c1-9-7-16(5-2-6-17-9)10-3-4-11-13(12(10)14)15-8-18-11/h3-4,8-9H,2,5-7,14H2,1H3. The number of thiazole rings is 1. The van der Waals surface area contributed by atoms with E-state index < -0.39 is 0 Å². The predicted molar refractivity (Wildman–Crippen MR) is 76.3 cm³/mol. The van der Waals surface area contributed by atoms with E-state index in [0.717, 1.165) is 47.7 Å². The minimum atomic E-state index is 0.248. The van der Waals surface area contributed by atoms with Gasteiger partial charge in [0.2, 0.25) is 0 Å². The van der Waals surface area contributed by atoms with Gasteiger partial charge in [-0.3, -0.25) is 0 Å². The Morgan fingerprint density at radius 2 is 2.39 bits per heavy atom. The van der Waals surface area contributed by atoms with Crippen LogP contribution in [0.1, 0.15) is 13.3 Å². The van der Waals surface area contributed by atoms with Gasteiger partial charge >= 0.3 is 0 Å². The van der Waals surface area contributed by atoms with Gasteiger partial charge in [-0.15, -0.1) is 11.3 Å². The maximum Gasteiger partial charge on any atom is 0.106 e. The molecule has 96 valence electrons. The molecule has 2 N–H and O–H groups in total. The number of hydrogen-bond donors (Lipinski definition) is 1. The molecule has 5 heteroatoms. The third kappa shape index (κ3) is 2.04. The molecule has 1 unspecified atom stereocenters. The molecule has 2 heterocycles. The molecule has 1 atom stereocenters. The molecule has 0 saturated carbocycles. The van der Waals surface area contributed by atoms with Gasteiger partial charge in [-0.1, -0.05) is 0 Å². The molecule has 1 aliphatic heterocycles. The molecule has 0 radical (unpaired) electrons. The SMILES string of the molecule is CC1CN(c2ccc3scnc3c2N)CCCO1. The van der Waals surface area contributed by atoms with Crippen molar-refractivity contribution in [3.8, 4) is 0 Å². The quantitative estimate of drug-likeness (QED) is 0.803. The summed E-state index contributed by atoms with van der Waals surface area (Å²) in [5, 5.41) is 0. The Bertz CT molecular complexity index is 554. The summed E-state index contributed by atoms with van der Waals surface area (Å²) in [6, 6.07) is 4.21. The van der Waals surface area contributed by atoms with E-state index >= 15 is 0 Å². The highest BCUT2D eigenvalue weighted by atomic mass is 32.1. The first-order chi connectivity index (χ1) is 8.75. The Hall–Kier alpha value is -1.33. The lowest BCUT2D eigenvalue weighted by molar-refractivity contribution is 0.0821. The fraction of sp³-hybridized carbons (Fsp3) is 0.462. The van der Waals surface area contributed by atoms with Crippen LogP contribution >= 0.6 is 11.3 Å². The number of benzene rings is 1. The largest absolute Gasteiger partial charge is 0.395 e. The normalized spacial score (nSPS) is 21.2. The van der Waals surface area contributed by atoms with Crippen LogP contribution in [0.25, 0.3) is 10.2 Å². The second-order valence-corrected chi connectivity index (χ2v) is 5.56. The van der Waals surface area contributed by atoms with E-state index in [1.54, 1.807) is 11.3 Å². The van der Waals surface area contributed by atoms with Crippen molar-refractivity contribution in [2.24, 2.45) is 0 Å². The van der Waals surface area contributed by atoms with Crippen LogP contribution in [0.4, 0.5) is 11.4 Å². The summed E-state index contributed by atoms with van der Waals surface area (Å²) in [6.07, 6.45) is 1.29. The van der Waals surface area contributed by atoms with Crippen molar-refractivity contribution in [2.45, 2.75) is 19.4 Å². The number of nitrogens with zero attached hydrogens (tertiary/aromatic N) is 2. The molecule has 1 aromatic carbocycles. The number of aromatic nitrogens is 1. The van der Waals surface area contributed by atoms with Crippen LogP contribution in [0.5, 0.6) is 0 Å². The molecule has 1 fully saturated rings. The third-order valence-corrected chi connectivity index (χ3v) is 4.11. The number of nitrogen functional groups attached to an aromatic ring is 1. The molecule has 1 aliphatic rings. The molecule has 3 rings (SSSR count). The van der Waals surface area contributed by atoms with Crippen LogP contribution in [0.2, 0.25) is 0 Å². The molecule has 2 aromatic rings. The minimum Gasteiger partial charge on any atom is -0.395 e. The van der Waals surface area contributed by atoms with Crippen LogP contribution in [0.3, 0.4) is 0 Å². The van der Waals surface area contributed by atoms with Crippen molar-refractivity contribution in [1.82, 2.24) is 4.98 Å². The van der Waals surface area contributed by atoms with Gasteiger partial charge in [-0.05, 0) is 25.5 Å². The van der Waals surface area contributed by atoms with Crippen molar-refractivity contribution in [3.05, 3.63) is 17.6 Å². The minimum absolute atomic E-state index is 0.248. The van der Waals surface area contributed by atoms with E-state index in [2.05, 4.69) is 28.9 Å². The Morgan fingerprint density at radius 1 is 1.50 bits per heavy atom. The first-order valence-corrected chi connectivity index (χ1v) is 7.12. The van der Waals surface area contributed by atoms with Crippen LogP contribution in [-0.2, 0) is 4.74 Å². The zero-order valence-corrected chi connectivity index (χ0v) is 11.2. The Morgan fingerprint density at radius 3 is 3.28 bits per heavy atom. The average molecular weight is 263 g/mol. The van der Waals surface area contributed by atoms with Gasteiger partial charge in [0.25, 0.3) is 0 Å². The molecule has 0 bridgehead atoms. The van der Waals surface area contributed by atoms with Gasteiger partial charge in [-0.2, -0.15) is 0 Å². The zero-order chi connectivity index (χ0) is 12.5. The van der Waals surface area contributed by atoms with Crippen molar-refractivity contribution in [3.63, 3.8) is 0 Å². The van der Waals surface area contributed by atoms with E-state index in [0.29, 0.717) is 0 Å². The van der Waals surface area contributed by atoms with Gasteiger partial charge < -0.3 is 15.4 Å². The second-order valence-electron chi connectivity index (χ2n) is 4.68.